The standard InChI is InChI=1S/C11H16.C9H12/c1-5-11-7-8(2)6-9(3)10(11)4;1-7-4-5-8(2)9(3)6-7/h6-7H,5H2,1-4H3;4-6H,1-3H3. The van der Waals surface area contributed by atoms with Crippen molar-refractivity contribution in [2.45, 2.75) is 54.9 Å². The topological polar surface area (TPSA) is 0 Å². The summed E-state index contributed by atoms with van der Waals surface area (Å²) in [6, 6.07) is 11.0. The van der Waals surface area contributed by atoms with Crippen molar-refractivity contribution in [2.24, 2.45) is 0 Å². The van der Waals surface area contributed by atoms with Crippen LogP contribution in [0.3, 0.4) is 0 Å². The molecule has 0 saturated carbocycles. The molecule has 108 valence electrons. The van der Waals surface area contributed by atoms with Gasteiger partial charge in [0.25, 0.3) is 0 Å². The van der Waals surface area contributed by atoms with Gasteiger partial charge in [0.05, 0.1) is 0 Å². The molecule has 0 aliphatic carbocycles. The molecule has 0 radical (unpaired) electrons. The van der Waals surface area contributed by atoms with Crippen LogP contribution in [0.15, 0.2) is 30.3 Å². The summed E-state index contributed by atoms with van der Waals surface area (Å²) in [4.78, 5) is 0. The first-order valence-corrected chi connectivity index (χ1v) is 7.45. The van der Waals surface area contributed by atoms with Crippen molar-refractivity contribution in [3.8, 4) is 0 Å². The molecule has 0 unspecified atom stereocenters. The van der Waals surface area contributed by atoms with Gasteiger partial charge in [-0.3, -0.25) is 0 Å². The predicted octanol–water partition coefficient (Wildman–Crippen LogP) is 5.79. The second-order valence-electron chi connectivity index (χ2n) is 5.81. The average Bonchev–Trinajstić information content (AvgIpc) is 2.39. The molecule has 2 aromatic carbocycles. The van der Waals surface area contributed by atoms with Crippen LogP contribution in [-0.4, -0.2) is 0 Å². The molecule has 0 atom stereocenters. The summed E-state index contributed by atoms with van der Waals surface area (Å²) >= 11 is 0. The first-order chi connectivity index (χ1) is 9.35. The summed E-state index contributed by atoms with van der Waals surface area (Å²) in [6.45, 7) is 15.1. The Morgan fingerprint density at radius 2 is 1.25 bits per heavy atom. The van der Waals surface area contributed by atoms with Crippen molar-refractivity contribution in [3.05, 3.63) is 69.3 Å². The summed E-state index contributed by atoms with van der Waals surface area (Å²) in [5.74, 6) is 0. The molecule has 0 amide bonds. The quantitative estimate of drug-likeness (QED) is 0.614. The van der Waals surface area contributed by atoms with Crippen molar-refractivity contribution in [3.63, 3.8) is 0 Å². The maximum absolute atomic E-state index is 2.28. The fraction of sp³-hybridized carbons (Fsp3) is 0.400. The van der Waals surface area contributed by atoms with Gasteiger partial charge in [-0.15, -0.1) is 0 Å². The maximum Gasteiger partial charge on any atom is -0.0305 e. The zero-order valence-electron chi connectivity index (χ0n) is 14.1. The van der Waals surface area contributed by atoms with E-state index in [2.05, 4.69) is 78.8 Å². The first kappa shape index (κ1) is 16.5. The Morgan fingerprint density at radius 1 is 0.650 bits per heavy atom. The van der Waals surface area contributed by atoms with E-state index in [1.54, 1.807) is 0 Å². The van der Waals surface area contributed by atoms with Gasteiger partial charge < -0.3 is 0 Å². The molecule has 0 heteroatoms. The molecule has 0 heterocycles. The monoisotopic (exact) mass is 268 g/mol. The minimum atomic E-state index is 1.15. The highest BCUT2D eigenvalue weighted by atomic mass is 14.0. The third-order valence-corrected chi connectivity index (χ3v) is 3.96. The van der Waals surface area contributed by atoms with E-state index >= 15 is 0 Å². The zero-order chi connectivity index (χ0) is 15.3. The Bertz CT molecular complexity index is 577. The van der Waals surface area contributed by atoms with E-state index in [-0.39, 0.29) is 0 Å². The lowest BCUT2D eigenvalue weighted by atomic mass is 9.99. The lowest BCUT2D eigenvalue weighted by molar-refractivity contribution is 1.08. The summed E-state index contributed by atoms with van der Waals surface area (Å²) in [5, 5.41) is 0. The first-order valence-electron chi connectivity index (χ1n) is 7.45. The van der Waals surface area contributed by atoms with Crippen molar-refractivity contribution < 1.29 is 0 Å². The van der Waals surface area contributed by atoms with Crippen LogP contribution in [-0.2, 0) is 6.42 Å². The number of hydrogen-bond acceptors (Lipinski definition) is 0. The Labute approximate surface area is 124 Å². The van der Waals surface area contributed by atoms with Crippen molar-refractivity contribution in [2.75, 3.05) is 0 Å². The van der Waals surface area contributed by atoms with Crippen LogP contribution in [0.4, 0.5) is 0 Å². The second-order valence-corrected chi connectivity index (χ2v) is 5.81. The van der Waals surface area contributed by atoms with E-state index in [0.717, 1.165) is 6.42 Å². The van der Waals surface area contributed by atoms with E-state index in [1.165, 1.54) is 38.9 Å². The van der Waals surface area contributed by atoms with Gasteiger partial charge in [-0.1, -0.05) is 48.4 Å². The normalized spacial score (nSPS) is 9.95. The molecule has 2 aromatic rings. The highest BCUT2D eigenvalue weighted by Crippen LogP contribution is 2.15. The molecular weight excluding hydrogens is 240 g/mol. The van der Waals surface area contributed by atoms with Gasteiger partial charge in [-0.2, -0.15) is 0 Å². The molecule has 0 nitrogen and oxygen atoms in total. The van der Waals surface area contributed by atoms with Gasteiger partial charge in [-0.05, 0) is 75.8 Å². The smallest absolute Gasteiger partial charge is 0.0305 e. The Hall–Kier alpha value is -1.56. The van der Waals surface area contributed by atoms with Crippen LogP contribution in [0, 0.1) is 41.5 Å². The van der Waals surface area contributed by atoms with E-state index < -0.39 is 0 Å². The van der Waals surface area contributed by atoms with Gasteiger partial charge in [0.15, 0.2) is 0 Å². The Morgan fingerprint density at radius 3 is 1.75 bits per heavy atom. The number of rotatable bonds is 1. The van der Waals surface area contributed by atoms with Crippen LogP contribution >= 0.6 is 0 Å². The Kier molecular flexibility index (Phi) is 6.01. The number of hydrogen-bond donors (Lipinski definition) is 0. The third-order valence-electron chi connectivity index (χ3n) is 3.96. The van der Waals surface area contributed by atoms with Crippen LogP contribution in [0.25, 0.3) is 0 Å². The third kappa shape index (κ3) is 4.52. The van der Waals surface area contributed by atoms with E-state index in [9.17, 15) is 0 Å². The zero-order valence-corrected chi connectivity index (χ0v) is 14.1. The fourth-order valence-corrected chi connectivity index (χ4v) is 2.39. The van der Waals surface area contributed by atoms with Crippen molar-refractivity contribution in [1.29, 1.82) is 0 Å². The number of aryl methyl sites for hydroxylation is 6. The van der Waals surface area contributed by atoms with Gasteiger partial charge in [0.2, 0.25) is 0 Å². The van der Waals surface area contributed by atoms with Gasteiger partial charge >= 0.3 is 0 Å². The van der Waals surface area contributed by atoms with Crippen LogP contribution in [0.5, 0.6) is 0 Å². The maximum atomic E-state index is 2.28. The van der Waals surface area contributed by atoms with Gasteiger partial charge in [-0.25, -0.2) is 0 Å². The summed E-state index contributed by atoms with van der Waals surface area (Å²) in [7, 11) is 0. The predicted molar refractivity (Wildman–Crippen MR) is 90.7 cm³/mol. The SMILES string of the molecule is CCc1cc(C)cc(C)c1C.Cc1ccc(C)c(C)c1. The number of benzene rings is 2. The van der Waals surface area contributed by atoms with Crippen molar-refractivity contribution >= 4 is 0 Å². The molecule has 0 aliphatic heterocycles. The largest absolute Gasteiger partial charge is 0.0613 e. The molecule has 20 heavy (non-hydrogen) atoms. The Balaban J connectivity index is 0.000000204. The summed E-state index contributed by atoms with van der Waals surface area (Å²) in [5.41, 5.74) is 9.85. The van der Waals surface area contributed by atoms with Gasteiger partial charge in [0, 0.05) is 0 Å². The van der Waals surface area contributed by atoms with E-state index in [0.29, 0.717) is 0 Å². The molecule has 2 rings (SSSR count). The minimum absolute atomic E-state index is 1.15. The molecule has 0 fully saturated rings. The van der Waals surface area contributed by atoms with Gasteiger partial charge in [0.1, 0.15) is 0 Å². The van der Waals surface area contributed by atoms with Crippen LogP contribution in [0.2, 0.25) is 0 Å². The van der Waals surface area contributed by atoms with E-state index in [4.69, 9.17) is 0 Å². The molecule has 0 aromatic heterocycles. The fourth-order valence-electron chi connectivity index (χ4n) is 2.39. The summed E-state index contributed by atoms with van der Waals surface area (Å²) < 4.78 is 0. The lowest BCUT2D eigenvalue weighted by Crippen LogP contribution is -1.91. The summed E-state index contributed by atoms with van der Waals surface area (Å²) in [6.07, 6.45) is 1.15. The lowest BCUT2D eigenvalue weighted by Gasteiger charge is -2.07. The van der Waals surface area contributed by atoms with Crippen molar-refractivity contribution in [1.82, 2.24) is 0 Å². The highest BCUT2D eigenvalue weighted by molar-refractivity contribution is 5.37. The second kappa shape index (κ2) is 7.28. The molecule has 0 saturated heterocycles. The average molecular weight is 268 g/mol. The highest BCUT2D eigenvalue weighted by Gasteiger charge is 1.99. The molecule has 0 aliphatic rings. The molecule has 0 bridgehead atoms. The molecular formula is C20H28. The molecule has 0 N–H and O–H groups in total. The van der Waals surface area contributed by atoms with Crippen LogP contribution < -0.4 is 0 Å². The van der Waals surface area contributed by atoms with E-state index in [1.807, 2.05) is 0 Å². The molecule has 0 spiro atoms. The van der Waals surface area contributed by atoms with Crippen LogP contribution in [0.1, 0.15) is 45.9 Å². The minimum Gasteiger partial charge on any atom is -0.0613 e.